The van der Waals surface area contributed by atoms with Crippen LogP contribution in [0.4, 0.5) is 0 Å². The van der Waals surface area contributed by atoms with Gasteiger partial charge in [0.15, 0.2) is 0 Å². The van der Waals surface area contributed by atoms with Gasteiger partial charge in [-0.25, -0.2) is 0 Å². The molecule has 0 bridgehead atoms. The highest BCUT2D eigenvalue weighted by molar-refractivity contribution is 4.92. The molecular weight excluding hydrogens is 326 g/mol. The van der Waals surface area contributed by atoms with Crippen molar-refractivity contribution in [2.45, 2.75) is 138 Å². The third kappa shape index (κ3) is 51.7. The molecule has 0 aromatic rings. The van der Waals surface area contributed by atoms with E-state index in [0.717, 1.165) is 19.3 Å². The van der Waals surface area contributed by atoms with Crippen molar-refractivity contribution in [3.05, 3.63) is 24.3 Å². The van der Waals surface area contributed by atoms with Crippen molar-refractivity contribution < 1.29 is 0 Å². The summed E-state index contributed by atoms with van der Waals surface area (Å²) in [6.45, 7) is 14.6. The average Bonchev–Trinajstić information content (AvgIpc) is 2.74. The maximum atomic E-state index is 8.41. The molecule has 162 valence electrons. The maximum absolute atomic E-state index is 8.41. The van der Waals surface area contributed by atoms with Crippen LogP contribution in [-0.2, 0) is 0 Å². The highest BCUT2D eigenvalue weighted by Gasteiger charge is 1.90. The van der Waals surface area contributed by atoms with E-state index < -0.39 is 0 Å². The summed E-state index contributed by atoms with van der Waals surface area (Å²) < 4.78 is 0. The molecule has 0 amide bonds. The Morgan fingerprint density at radius 2 is 1.00 bits per heavy atom. The number of unbranched alkanes of at least 4 members (excludes halogenated alkanes) is 10. The summed E-state index contributed by atoms with van der Waals surface area (Å²) in [6.07, 6.45) is 26.3. The molecule has 27 heavy (non-hydrogen) atoms. The minimum Gasteiger partial charge on any atom is -0.198 e. The molecule has 0 unspecified atom stereocenters. The Kier molecular flexibility index (Phi) is 55.2. The summed E-state index contributed by atoms with van der Waals surface area (Å²) in [4.78, 5) is 0. The lowest BCUT2D eigenvalue weighted by Gasteiger charge is -1.98. The van der Waals surface area contributed by atoms with E-state index in [9.17, 15) is 0 Å². The number of nitriles is 1. The zero-order chi connectivity index (χ0) is 21.4. The van der Waals surface area contributed by atoms with E-state index in [1.54, 1.807) is 0 Å². The summed E-state index contributed by atoms with van der Waals surface area (Å²) in [5, 5.41) is 8.41. The summed E-state index contributed by atoms with van der Waals surface area (Å²) >= 11 is 0. The number of rotatable bonds is 14. The van der Waals surface area contributed by atoms with E-state index >= 15 is 0 Å². The standard InChI is InChI=1S/C18H31N.C4H10.2C2H6/c1-2-3-4-5-6-7-8-9-10-11-12-13-14-15-16-17-18-19;1-3-4-2;2*1-2/h5-6,8-9H,2-4,7,10-17H2,1H3;3-4H2,1-2H3;2*1-2H3/b6-5-,9-8-;;;. The molecule has 0 aliphatic carbocycles. The van der Waals surface area contributed by atoms with Gasteiger partial charge >= 0.3 is 0 Å². The molecule has 0 saturated carbocycles. The fraction of sp³-hybridized carbons (Fsp3) is 0.808. The summed E-state index contributed by atoms with van der Waals surface area (Å²) in [5.41, 5.74) is 0. The molecule has 0 aliphatic rings. The minimum absolute atomic E-state index is 0.731. The van der Waals surface area contributed by atoms with Gasteiger partial charge in [-0.1, -0.05) is 124 Å². The van der Waals surface area contributed by atoms with Gasteiger partial charge in [0.1, 0.15) is 0 Å². The molecule has 0 rings (SSSR count). The van der Waals surface area contributed by atoms with Crippen molar-refractivity contribution in [1.29, 1.82) is 5.26 Å². The van der Waals surface area contributed by atoms with Gasteiger partial charge in [0.2, 0.25) is 0 Å². The van der Waals surface area contributed by atoms with Crippen LogP contribution in [0.1, 0.15) is 138 Å². The predicted molar refractivity (Wildman–Crippen MR) is 128 cm³/mol. The summed E-state index contributed by atoms with van der Waals surface area (Å²) in [7, 11) is 0. The van der Waals surface area contributed by atoms with Crippen LogP contribution >= 0.6 is 0 Å². The van der Waals surface area contributed by atoms with Gasteiger partial charge in [-0.3, -0.25) is 0 Å². The lowest BCUT2D eigenvalue weighted by Crippen LogP contribution is -1.79. The SMILES string of the molecule is CC.CC.CCCC.CCCC/C=C\C/C=C\CCCCCCCCC#N. The molecule has 0 fully saturated rings. The van der Waals surface area contributed by atoms with Crippen LogP contribution in [0.3, 0.4) is 0 Å². The van der Waals surface area contributed by atoms with Gasteiger partial charge in [0.25, 0.3) is 0 Å². The highest BCUT2D eigenvalue weighted by atomic mass is 14.2. The van der Waals surface area contributed by atoms with Crippen molar-refractivity contribution in [3.63, 3.8) is 0 Å². The van der Waals surface area contributed by atoms with Gasteiger partial charge in [-0.05, 0) is 32.1 Å². The first-order valence-corrected chi connectivity index (χ1v) is 12.0. The van der Waals surface area contributed by atoms with Gasteiger partial charge in [0, 0.05) is 6.42 Å². The second-order valence-electron chi connectivity index (χ2n) is 6.14. The number of allylic oxidation sites excluding steroid dienone is 4. The Morgan fingerprint density at radius 1 is 0.556 bits per heavy atom. The van der Waals surface area contributed by atoms with Crippen LogP contribution in [0, 0.1) is 11.3 Å². The molecule has 1 nitrogen and oxygen atoms in total. The first-order valence-electron chi connectivity index (χ1n) is 12.0. The molecule has 0 heterocycles. The Morgan fingerprint density at radius 3 is 1.44 bits per heavy atom. The van der Waals surface area contributed by atoms with Crippen LogP contribution < -0.4 is 0 Å². The van der Waals surface area contributed by atoms with Gasteiger partial charge in [-0.15, -0.1) is 0 Å². The lowest BCUT2D eigenvalue weighted by molar-refractivity contribution is 0.601. The number of nitrogens with zero attached hydrogens (tertiary/aromatic N) is 1. The monoisotopic (exact) mass is 379 g/mol. The van der Waals surface area contributed by atoms with Crippen molar-refractivity contribution in [2.24, 2.45) is 0 Å². The molecule has 0 spiro atoms. The molecule has 0 atom stereocenters. The third-order valence-electron chi connectivity index (χ3n) is 3.74. The smallest absolute Gasteiger partial charge is 0.0621 e. The molecular formula is C26H53N. The van der Waals surface area contributed by atoms with Gasteiger partial charge in [0.05, 0.1) is 6.07 Å². The van der Waals surface area contributed by atoms with Crippen LogP contribution in [0.15, 0.2) is 24.3 Å². The molecule has 0 N–H and O–H groups in total. The Labute approximate surface area is 174 Å². The topological polar surface area (TPSA) is 23.8 Å². The molecule has 0 radical (unpaired) electrons. The average molecular weight is 380 g/mol. The number of hydrogen-bond acceptors (Lipinski definition) is 1. The Balaban J connectivity index is -0.000000283. The maximum Gasteiger partial charge on any atom is 0.0621 e. The second-order valence-corrected chi connectivity index (χ2v) is 6.14. The van der Waals surface area contributed by atoms with Crippen LogP contribution in [0.25, 0.3) is 0 Å². The normalized spacial score (nSPS) is 9.56. The summed E-state index contributed by atoms with van der Waals surface area (Å²) in [6, 6.07) is 2.20. The van der Waals surface area contributed by atoms with E-state index in [0.29, 0.717) is 0 Å². The lowest BCUT2D eigenvalue weighted by atomic mass is 10.1. The van der Waals surface area contributed by atoms with E-state index in [4.69, 9.17) is 5.26 Å². The first-order chi connectivity index (χ1) is 13.3. The van der Waals surface area contributed by atoms with E-state index in [1.807, 2.05) is 27.7 Å². The molecule has 0 aliphatic heterocycles. The molecule has 0 aromatic heterocycles. The quantitative estimate of drug-likeness (QED) is 0.217. The fourth-order valence-corrected chi connectivity index (χ4v) is 2.00. The van der Waals surface area contributed by atoms with E-state index in [2.05, 4.69) is 51.1 Å². The Bertz CT molecular complexity index is 281. The minimum atomic E-state index is 0.731. The molecule has 0 aromatic carbocycles. The summed E-state index contributed by atoms with van der Waals surface area (Å²) in [5.74, 6) is 0. The largest absolute Gasteiger partial charge is 0.198 e. The zero-order valence-electron chi connectivity index (χ0n) is 20.2. The van der Waals surface area contributed by atoms with Crippen molar-refractivity contribution >= 4 is 0 Å². The first kappa shape index (κ1) is 33.5. The third-order valence-corrected chi connectivity index (χ3v) is 3.74. The van der Waals surface area contributed by atoms with Crippen molar-refractivity contribution in [3.8, 4) is 6.07 Å². The fourth-order valence-electron chi connectivity index (χ4n) is 2.00. The van der Waals surface area contributed by atoms with Crippen LogP contribution in [-0.4, -0.2) is 0 Å². The van der Waals surface area contributed by atoms with Gasteiger partial charge < -0.3 is 0 Å². The van der Waals surface area contributed by atoms with E-state index in [-0.39, 0.29) is 0 Å². The second kappa shape index (κ2) is 44.4. The van der Waals surface area contributed by atoms with Crippen LogP contribution in [0.5, 0.6) is 0 Å². The van der Waals surface area contributed by atoms with Crippen LogP contribution in [0.2, 0.25) is 0 Å². The van der Waals surface area contributed by atoms with E-state index in [1.165, 1.54) is 70.6 Å². The van der Waals surface area contributed by atoms with Crippen molar-refractivity contribution in [1.82, 2.24) is 0 Å². The Hall–Kier alpha value is -1.03. The zero-order valence-corrected chi connectivity index (χ0v) is 20.2. The highest BCUT2D eigenvalue weighted by Crippen LogP contribution is 2.08. The van der Waals surface area contributed by atoms with Gasteiger partial charge in [-0.2, -0.15) is 5.26 Å². The molecule has 1 heteroatoms. The molecule has 0 saturated heterocycles. The predicted octanol–water partition coefficient (Wildman–Crippen LogP) is 10.2. The number of hydrogen-bond donors (Lipinski definition) is 0. The van der Waals surface area contributed by atoms with Crippen molar-refractivity contribution in [2.75, 3.05) is 0 Å².